The molecule has 0 aliphatic rings. The van der Waals surface area contributed by atoms with Crippen LogP contribution in [0.25, 0.3) is 5.70 Å². The molecule has 0 radical (unpaired) electrons. The second-order valence-electron chi connectivity index (χ2n) is 9.67. The van der Waals surface area contributed by atoms with Crippen LogP contribution in [0.15, 0.2) is 79.5 Å². The zero-order valence-electron chi connectivity index (χ0n) is 22.9. The Bertz CT molecular complexity index is 1180. The molecule has 2 N–H and O–H groups in total. The summed E-state index contributed by atoms with van der Waals surface area (Å²) in [4.78, 5) is 2.27. The first-order chi connectivity index (χ1) is 17.3. The molecule has 0 bridgehead atoms. The Balaban J connectivity index is 1.78. The number of nitrogens with one attached hydrogen (secondary N) is 2. The van der Waals surface area contributed by atoms with Gasteiger partial charge in [-0.1, -0.05) is 63.4 Å². The molecule has 190 valence electrons. The third-order valence-electron chi connectivity index (χ3n) is 6.84. The lowest BCUT2D eigenvalue weighted by Gasteiger charge is -2.25. The lowest BCUT2D eigenvalue weighted by molar-refractivity contribution is 0.485. The number of benzene rings is 3. The monoisotopic (exact) mass is 481 g/mol. The predicted octanol–water partition coefficient (Wildman–Crippen LogP) is 7.73. The normalized spacial score (nSPS) is 10.7. The van der Waals surface area contributed by atoms with Gasteiger partial charge in [0.1, 0.15) is 0 Å². The van der Waals surface area contributed by atoms with Gasteiger partial charge in [0.25, 0.3) is 0 Å². The van der Waals surface area contributed by atoms with E-state index >= 15 is 0 Å². The van der Waals surface area contributed by atoms with E-state index in [1.165, 1.54) is 33.4 Å². The fraction of sp³-hybridized carbons (Fsp3) is 0.333. The predicted molar refractivity (Wildman–Crippen MR) is 159 cm³/mol. The molecule has 0 aliphatic heterocycles. The van der Waals surface area contributed by atoms with Crippen LogP contribution in [0.2, 0.25) is 0 Å². The Hall–Kier alpha value is -3.46. The smallest absolute Gasteiger partial charge is 0.0434 e. The lowest BCUT2D eigenvalue weighted by Crippen LogP contribution is -2.20. The van der Waals surface area contributed by atoms with Crippen molar-refractivity contribution >= 4 is 17.1 Å². The van der Waals surface area contributed by atoms with Gasteiger partial charge in [0.2, 0.25) is 0 Å². The van der Waals surface area contributed by atoms with Gasteiger partial charge in [0.05, 0.1) is 0 Å². The molecule has 0 unspecified atom stereocenters. The summed E-state index contributed by atoms with van der Waals surface area (Å²) in [5.74, 6) is 0. The molecule has 3 nitrogen and oxygen atoms in total. The molecule has 3 heteroatoms. The van der Waals surface area contributed by atoms with Crippen LogP contribution in [0, 0.1) is 0 Å². The zero-order valence-corrected chi connectivity index (χ0v) is 22.9. The number of hydrogen-bond acceptors (Lipinski definition) is 3. The third-order valence-corrected chi connectivity index (χ3v) is 6.84. The Morgan fingerprint density at radius 1 is 0.806 bits per heavy atom. The second kappa shape index (κ2) is 13.0. The van der Waals surface area contributed by atoms with Crippen molar-refractivity contribution in [2.75, 3.05) is 31.3 Å². The van der Waals surface area contributed by atoms with Crippen molar-refractivity contribution in [2.45, 2.75) is 52.9 Å². The van der Waals surface area contributed by atoms with Crippen LogP contribution in [0.4, 0.5) is 11.4 Å². The van der Waals surface area contributed by atoms with Gasteiger partial charge >= 0.3 is 0 Å². The topological polar surface area (TPSA) is 27.3 Å². The number of hydrogen-bond donors (Lipinski definition) is 2. The van der Waals surface area contributed by atoms with Gasteiger partial charge in [-0.3, -0.25) is 0 Å². The summed E-state index contributed by atoms with van der Waals surface area (Å²) >= 11 is 0. The van der Waals surface area contributed by atoms with Crippen molar-refractivity contribution in [3.8, 4) is 0 Å². The summed E-state index contributed by atoms with van der Waals surface area (Å²) < 4.78 is 0. The average molecular weight is 482 g/mol. The Labute approximate surface area is 219 Å². The zero-order chi connectivity index (χ0) is 26.1. The molecule has 0 amide bonds. The Morgan fingerprint density at radius 3 is 2.17 bits per heavy atom. The van der Waals surface area contributed by atoms with Gasteiger partial charge in [-0.2, -0.15) is 0 Å². The summed E-state index contributed by atoms with van der Waals surface area (Å²) in [6.45, 7) is 15.9. The fourth-order valence-electron chi connectivity index (χ4n) is 4.69. The maximum absolute atomic E-state index is 4.47. The van der Waals surface area contributed by atoms with E-state index in [0.29, 0.717) is 0 Å². The summed E-state index contributed by atoms with van der Waals surface area (Å²) in [5, 5.41) is 6.83. The van der Waals surface area contributed by atoms with E-state index in [2.05, 4.69) is 110 Å². The Morgan fingerprint density at radius 2 is 1.53 bits per heavy atom. The molecule has 0 fully saturated rings. The number of allylic oxidation sites excluding steroid dienone is 1. The summed E-state index contributed by atoms with van der Waals surface area (Å²) in [5.41, 5.74) is 12.4. The maximum atomic E-state index is 4.47. The number of rotatable bonds is 13. The molecule has 0 atom stereocenters. The van der Waals surface area contributed by atoms with Crippen LogP contribution in [0.5, 0.6) is 0 Å². The number of nitrogens with zero attached hydrogens (tertiary/aromatic N) is 1. The molecular weight excluding hydrogens is 438 g/mol. The summed E-state index contributed by atoms with van der Waals surface area (Å²) in [6, 6.07) is 22.2. The molecule has 36 heavy (non-hydrogen) atoms. The maximum Gasteiger partial charge on any atom is 0.0434 e. The number of aryl methyl sites for hydroxylation is 4. The van der Waals surface area contributed by atoms with Crippen molar-refractivity contribution in [3.05, 3.63) is 113 Å². The van der Waals surface area contributed by atoms with E-state index in [0.717, 1.165) is 61.4 Å². The number of anilines is 2. The van der Waals surface area contributed by atoms with Crippen LogP contribution < -0.4 is 10.6 Å². The number of likely N-dealkylation sites (N-methyl/N-ethyl adjacent to an activating group) is 1. The highest BCUT2D eigenvalue weighted by Crippen LogP contribution is 2.30. The Kier molecular flexibility index (Phi) is 9.81. The summed E-state index contributed by atoms with van der Waals surface area (Å²) in [7, 11) is 4.15. The highest BCUT2D eigenvalue weighted by molar-refractivity contribution is 5.75. The molecule has 0 spiro atoms. The minimum Gasteiger partial charge on any atom is -0.388 e. The minimum absolute atomic E-state index is 0.934. The van der Waals surface area contributed by atoms with E-state index in [1.54, 1.807) is 0 Å². The highest BCUT2D eigenvalue weighted by atomic mass is 15.1. The quantitative estimate of drug-likeness (QED) is 0.261. The van der Waals surface area contributed by atoms with Gasteiger partial charge < -0.3 is 15.5 Å². The van der Waals surface area contributed by atoms with Gasteiger partial charge in [0.15, 0.2) is 0 Å². The van der Waals surface area contributed by atoms with Crippen LogP contribution in [-0.4, -0.2) is 25.5 Å². The van der Waals surface area contributed by atoms with Crippen LogP contribution in [0.3, 0.4) is 0 Å². The van der Waals surface area contributed by atoms with Gasteiger partial charge in [0, 0.05) is 49.0 Å². The first-order valence-electron chi connectivity index (χ1n) is 13.2. The van der Waals surface area contributed by atoms with Crippen LogP contribution in [0.1, 0.15) is 54.2 Å². The molecule has 0 aliphatic carbocycles. The van der Waals surface area contributed by atoms with Crippen LogP contribution in [-0.2, 0) is 32.1 Å². The molecule has 0 saturated heterocycles. The highest BCUT2D eigenvalue weighted by Gasteiger charge is 2.14. The summed E-state index contributed by atoms with van der Waals surface area (Å²) in [6.07, 6.45) is 5.05. The SMILES string of the molecule is C=C(C)Nc1cc(CC)cc(CCc2cc(NC)c(C(=C)N(C)CCc3ccccc3)cc2CC)c1. The van der Waals surface area contributed by atoms with Gasteiger partial charge in [-0.05, 0) is 91.1 Å². The van der Waals surface area contributed by atoms with Crippen molar-refractivity contribution in [1.82, 2.24) is 4.90 Å². The van der Waals surface area contributed by atoms with Crippen molar-refractivity contribution < 1.29 is 0 Å². The first-order valence-corrected chi connectivity index (χ1v) is 13.2. The van der Waals surface area contributed by atoms with Crippen molar-refractivity contribution in [2.24, 2.45) is 0 Å². The second-order valence-corrected chi connectivity index (χ2v) is 9.67. The van der Waals surface area contributed by atoms with Crippen molar-refractivity contribution in [3.63, 3.8) is 0 Å². The molecule has 3 aromatic carbocycles. The van der Waals surface area contributed by atoms with Crippen LogP contribution >= 0.6 is 0 Å². The molecule has 3 rings (SSSR count). The van der Waals surface area contributed by atoms with E-state index in [9.17, 15) is 0 Å². The van der Waals surface area contributed by atoms with Crippen molar-refractivity contribution in [1.29, 1.82) is 0 Å². The van der Waals surface area contributed by atoms with Gasteiger partial charge in [-0.15, -0.1) is 0 Å². The largest absolute Gasteiger partial charge is 0.388 e. The fourth-order valence-corrected chi connectivity index (χ4v) is 4.69. The molecule has 0 saturated carbocycles. The van der Waals surface area contributed by atoms with Gasteiger partial charge in [-0.25, -0.2) is 0 Å². The van der Waals surface area contributed by atoms with E-state index in [1.807, 2.05) is 14.0 Å². The third kappa shape index (κ3) is 7.27. The molecule has 0 aromatic heterocycles. The molecular formula is C33H43N3. The molecule has 3 aromatic rings. The standard InChI is InChI=1S/C33H43N3/c1-8-26-19-28(21-31(20-26)35-24(3)4)15-16-30-23-33(34-6)32(22-29(30)9-2)25(5)36(7)18-17-27-13-11-10-12-14-27/h10-14,19-23,34-35H,3,5,8-9,15-18H2,1-2,4,6-7H3. The van der Waals surface area contributed by atoms with E-state index < -0.39 is 0 Å². The molecule has 0 heterocycles. The first kappa shape index (κ1) is 27.1. The average Bonchev–Trinajstić information content (AvgIpc) is 2.89. The van der Waals surface area contributed by atoms with E-state index in [4.69, 9.17) is 0 Å². The van der Waals surface area contributed by atoms with E-state index in [-0.39, 0.29) is 0 Å². The lowest BCUT2D eigenvalue weighted by atomic mass is 9.93. The minimum atomic E-state index is 0.934.